The molecule has 0 aliphatic heterocycles. The average molecular weight is 261 g/mol. The average Bonchev–Trinajstić information content (AvgIpc) is 2.43. The summed E-state index contributed by atoms with van der Waals surface area (Å²) in [6, 6.07) is 3.74. The predicted molar refractivity (Wildman–Crippen MR) is 78.0 cm³/mol. The fraction of sp³-hybridized carbons (Fsp3) is 0.467. The van der Waals surface area contributed by atoms with Crippen LogP contribution in [-0.2, 0) is 6.42 Å². The molecule has 0 aliphatic carbocycles. The van der Waals surface area contributed by atoms with Crippen molar-refractivity contribution in [2.24, 2.45) is 0 Å². The molecule has 2 N–H and O–H groups in total. The first-order valence-electron chi connectivity index (χ1n) is 6.76. The summed E-state index contributed by atoms with van der Waals surface area (Å²) < 4.78 is 0. The van der Waals surface area contributed by atoms with Crippen LogP contribution in [0.1, 0.15) is 42.2 Å². The molecule has 0 radical (unpaired) electrons. The molecule has 4 nitrogen and oxygen atoms in total. The molecular weight excluding hydrogens is 238 g/mol. The van der Waals surface area contributed by atoms with Crippen LogP contribution in [0.5, 0.6) is 0 Å². The Morgan fingerprint density at radius 3 is 2.79 bits per heavy atom. The van der Waals surface area contributed by atoms with E-state index in [1.165, 1.54) is 5.56 Å². The van der Waals surface area contributed by atoms with Gasteiger partial charge in [0, 0.05) is 18.4 Å². The zero-order valence-electron chi connectivity index (χ0n) is 11.8. The van der Waals surface area contributed by atoms with Gasteiger partial charge < -0.3 is 10.6 Å². The van der Waals surface area contributed by atoms with Crippen molar-refractivity contribution in [2.45, 2.75) is 32.6 Å². The summed E-state index contributed by atoms with van der Waals surface area (Å²) in [6.45, 7) is 6.77. The van der Waals surface area contributed by atoms with E-state index in [1.807, 2.05) is 13.1 Å². The Labute approximate surface area is 115 Å². The van der Waals surface area contributed by atoms with Crippen LogP contribution in [0.25, 0.3) is 0 Å². The minimum Gasteiger partial charge on any atom is -0.325 e. The molecular formula is C15H23N3O. The summed E-state index contributed by atoms with van der Waals surface area (Å²) in [5.74, 6) is -0.192. The van der Waals surface area contributed by atoms with Crippen molar-refractivity contribution in [2.75, 3.05) is 13.6 Å². The van der Waals surface area contributed by atoms with Gasteiger partial charge in [0.25, 0.3) is 5.91 Å². The molecule has 0 fully saturated rings. The molecule has 19 heavy (non-hydrogen) atoms. The van der Waals surface area contributed by atoms with Crippen LogP contribution in [0.2, 0.25) is 0 Å². The van der Waals surface area contributed by atoms with E-state index in [0.717, 1.165) is 32.2 Å². The van der Waals surface area contributed by atoms with E-state index in [-0.39, 0.29) is 5.91 Å². The number of pyridine rings is 1. The second-order valence-electron chi connectivity index (χ2n) is 4.57. The van der Waals surface area contributed by atoms with Crippen LogP contribution < -0.4 is 10.6 Å². The number of aryl methyl sites for hydroxylation is 1. The normalized spacial score (nSPS) is 10.2. The summed E-state index contributed by atoms with van der Waals surface area (Å²) in [7, 11) is 1.87. The Morgan fingerprint density at radius 1 is 1.42 bits per heavy atom. The third-order valence-corrected chi connectivity index (χ3v) is 2.84. The van der Waals surface area contributed by atoms with Gasteiger partial charge in [0.15, 0.2) is 0 Å². The van der Waals surface area contributed by atoms with E-state index in [2.05, 4.69) is 29.1 Å². The number of carbonyl (C=O) groups is 1. The lowest BCUT2D eigenvalue weighted by Crippen LogP contribution is -2.25. The number of amides is 1. The summed E-state index contributed by atoms with van der Waals surface area (Å²) in [5, 5.41) is 5.77. The van der Waals surface area contributed by atoms with Gasteiger partial charge in [0.1, 0.15) is 5.69 Å². The van der Waals surface area contributed by atoms with Crippen molar-refractivity contribution in [3.8, 4) is 0 Å². The lowest BCUT2D eigenvalue weighted by Gasteiger charge is -2.08. The Kier molecular flexibility index (Phi) is 6.82. The first-order valence-corrected chi connectivity index (χ1v) is 6.76. The third kappa shape index (κ3) is 5.66. The molecule has 1 heterocycles. The SMILES string of the molecule is C=C(CCNC)NC(=O)c1ccc(CCCC)cn1. The first-order chi connectivity index (χ1) is 9.17. The lowest BCUT2D eigenvalue weighted by molar-refractivity contribution is 0.0960. The molecule has 0 aromatic carbocycles. The van der Waals surface area contributed by atoms with Crippen molar-refractivity contribution in [1.82, 2.24) is 15.6 Å². The minimum absolute atomic E-state index is 0.192. The van der Waals surface area contributed by atoms with Gasteiger partial charge in [-0.2, -0.15) is 0 Å². The number of rotatable bonds is 8. The van der Waals surface area contributed by atoms with Gasteiger partial charge in [-0.15, -0.1) is 0 Å². The quantitative estimate of drug-likeness (QED) is 0.755. The van der Waals surface area contributed by atoms with Crippen molar-refractivity contribution >= 4 is 5.91 Å². The molecule has 0 unspecified atom stereocenters. The Balaban J connectivity index is 2.50. The van der Waals surface area contributed by atoms with Crippen LogP contribution in [0.4, 0.5) is 0 Å². The first kappa shape index (κ1) is 15.4. The highest BCUT2D eigenvalue weighted by Crippen LogP contribution is 2.05. The minimum atomic E-state index is -0.192. The number of hydrogen-bond acceptors (Lipinski definition) is 3. The van der Waals surface area contributed by atoms with Gasteiger partial charge in [-0.05, 0) is 37.9 Å². The van der Waals surface area contributed by atoms with Gasteiger partial charge >= 0.3 is 0 Å². The van der Waals surface area contributed by atoms with Gasteiger partial charge in [-0.1, -0.05) is 26.0 Å². The Hall–Kier alpha value is -1.68. The van der Waals surface area contributed by atoms with E-state index >= 15 is 0 Å². The number of carbonyl (C=O) groups excluding carboxylic acids is 1. The maximum Gasteiger partial charge on any atom is 0.273 e. The van der Waals surface area contributed by atoms with E-state index in [9.17, 15) is 4.79 Å². The maximum atomic E-state index is 11.9. The topological polar surface area (TPSA) is 54.0 Å². The van der Waals surface area contributed by atoms with E-state index in [1.54, 1.807) is 12.3 Å². The molecule has 1 aromatic heterocycles. The number of hydrogen-bond donors (Lipinski definition) is 2. The Morgan fingerprint density at radius 2 is 2.21 bits per heavy atom. The second-order valence-corrected chi connectivity index (χ2v) is 4.57. The molecule has 4 heteroatoms. The van der Waals surface area contributed by atoms with Crippen LogP contribution >= 0.6 is 0 Å². The van der Waals surface area contributed by atoms with Crippen LogP contribution in [0, 0.1) is 0 Å². The van der Waals surface area contributed by atoms with Crippen molar-refractivity contribution in [3.05, 3.63) is 41.9 Å². The molecule has 0 atom stereocenters. The summed E-state index contributed by atoms with van der Waals surface area (Å²) >= 11 is 0. The van der Waals surface area contributed by atoms with Crippen molar-refractivity contribution in [1.29, 1.82) is 0 Å². The van der Waals surface area contributed by atoms with Crippen LogP contribution in [0.15, 0.2) is 30.6 Å². The zero-order chi connectivity index (χ0) is 14.1. The summed E-state index contributed by atoms with van der Waals surface area (Å²) in [4.78, 5) is 16.1. The zero-order valence-corrected chi connectivity index (χ0v) is 11.8. The summed E-state index contributed by atoms with van der Waals surface area (Å²) in [5.41, 5.74) is 2.31. The van der Waals surface area contributed by atoms with Gasteiger partial charge in [-0.25, -0.2) is 0 Å². The molecule has 0 saturated carbocycles. The van der Waals surface area contributed by atoms with Gasteiger partial charge in [-0.3, -0.25) is 9.78 Å². The molecule has 1 rings (SSSR count). The molecule has 1 aromatic rings. The molecule has 0 saturated heterocycles. The molecule has 0 spiro atoms. The van der Waals surface area contributed by atoms with Crippen molar-refractivity contribution in [3.63, 3.8) is 0 Å². The largest absolute Gasteiger partial charge is 0.325 e. The summed E-state index contributed by atoms with van der Waals surface area (Å²) in [6.07, 6.45) is 5.82. The highest BCUT2D eigenvalue weighted by Gasteiger charge is 2.07. The van der Waals surface area contributed by atoms with Gasteiger partial charge in [0.05, 0.1) is 0 Å². The van der Waals surface area contributed by atoms with Gasteiger partial charge in [0.2, 0.25) is 0 Å². The number of unbranched alkanes of at least 4 members (excludes halogenated alkanes) is 1. The van der Waals surface area contributed by atoms with Crippen LogP contribution in [0.3, 0.4) is 0 Å². The lowest BCUT2D eigenvalue weighted by atomic mass is 10.1. The maximum absolute atomic E-state index is 11.9. The standard InChI is InChI=1S/C15H23N3O/c1-4-5-6-13-7-8-14(17-11-13)15(19)18-12(2)9-10-16-3/h7-8,11,16H,2,4-6,9-10H2,1,3H3,(H,18,19). The van der Waals surface area contributed by atoms with Crippen LogP contribution in [-0.4, -0.2) is 24.5 Å². The Bertz CT molecular complexity index is 412. The second kappa shape index (κ2) is 8.43. The molecule has 0 aliphatic rings. The van der Waals surface area contributed by atoms with E-state index in [0.29, 0.717) is 11.4 Å². The smallest absolute Gasteiger partial charge is 0.273 e. The fourth-order valence-corrected chi connectivity index (χ4v) is 1.65. The third-order valence-electron chi connectivity index (χ3n) is 2.84. The van der Waals surface area contributed by atoms with Crippen molar-refractivity contribution < 1.29 is 4.79 Å². The number of nitrogens with zero attached hydrogens (tertiary/aromatic N) is 1. The molecule has 104 valence electrons. The van der Waals surface area contributed by atoms with E-state index in [4.69, 9.17) is 0 Å². The van der Waals surface area contributed by atoms with E-state index < -0.39 is 0 Å². The molecule has 0 bridgehead atoms. The molecule has 1 amide bonds. The fourth-order valence-electron chi connectivity index (χ4n) is 1.65. The highest BCUT2D eigenvalue weighted by atomic mass is 16.1. The predicted octanol–water partition coefficient (Wildman–Crippen LogP) is 2.28. The number of nitrogens with one attached hydrogen (secondary N) is 2. The monoisotopic (exact) mass is 261 g/mol. The highest BCUT2D eigenvalue weighted by molar-refractivity contribution is 5.93. The number of aromatic nitrogens is 1.